The summed E-state index contributed by atoms with van der Waals surface area (Å²) in [5.41, 5.74) is 1.61. The minimum atomic E-state index is -4.68. The molecule has 158 valence electrons. The number of hydrogen-bond donors (Lipinski definition) is 1. The number of aromatic nitrogens is 2. The van der Waals surface area contributed by atoms with Crippen molar-refractivity contribution < 1.29 is 21.6 Å². The monoisotopic (exact) mass is 454 g/mol. The second-order valence-corrected chi connectivity index (χ2v) is 10.1. The molecule has 0 fully saturated rings. The van der Waals surface area contributed by atoms with Gasteiger partial charge in [0.2, 0.25) is 5.95 Å². The molecule has 6 nitrogen and oxygen atoms in total. The Labute approximate surface area is 175 Å². The fourth-order valence-corrected chi connectivity index (χ4v) is 5.27. The van der Waals surface area contributed by atoms with E-state index in [0.29, 0.717) is 11.9 Å². The maximum Gasteiger partial charge on any atom is 0.420 e. The van der Waals surface area contributed by atoms with Crippen LogP contribution in [0.15, 0.2) is 40.7 Å². The predicted octanol–water partition coefficient (Wildman–Crippen LogP) is 4.32. The van der Waals surface area contributed by atoms with E-state index in [4.69, 9.17) is 0 Å². The summed E-state index contributed by atoms with van der Waals surface area (Å²) in [5, 5.41) is 4.26. The van der Waals surface area contributed by atoms with Crippen LogP contribution in [-0.2, 0) is 29.1 Å². The van der Waals surface area contributed by atoms with Crippen molar-refractivity contribution in [1.29, 1.82) is 0 Å². The number of hydrogen-bond acceptors (Lipinski definition) is 7. The summed E-state index contributed by atoms with van der Waals surface area (Å²) in [5.74, 6) is -0.00129. The van der Waals surface area contributed by atoms with Gasteiger partial charge in [-0.05, 0) is 36.4 Å². The summed E-state index contributed by atoms with van der Waals surface area (Å²) in [7, 11) is -1.54. The van der Waals surface area contributed by atoms with Gasteiger partial charge in [-0.2, -0.15) is 13.2 Å². The smallest absolute Gasteiger partial charge is 0.324 e. The van der Waals surface area contributed by atoms with E-state index in [1.807, 2.05) is 25.2 Å². The molecule has 0 saturated heterocycles. The van der Waals surface area contributed by atoms with Gasteiger partial charge in [0.25, 0.3) is 0 Å². The SMILES string of the molecule is CN1Cc2ccc(Nc3ncc(C(F)(F)F)c(-c4cc(S(C)(=O)=O)cs4)n3)cc2C1. The van der Waals surface area contributed by atoms with Crippen molar-refractivity contribution in [1.82, 2.24) is 14.9 Å². The van der Waals surface area contributed by atoms with Gasteiger partial charge in [0.05, 0.1) is 15.5 Å². The van der Waals surface area contributed by atoms with E-state index in [-0.39, 0.29) is 21.4 Å². The molecule has 0 aliphatic carbocycles. The van der Waals surface area contributed by atoms with Gasteiger partial charge in [0, 0.05) is 36.6 Å². The molecule has 4 rings (SSSR count). The Morgan fingerprint density at radius 2 is 1.90 bits per heavy atom. The molecule has 0 spiro atoms. The van der Waals surface area contributed by atoms with E-state index >= 15 is 0 Å². The summed E-state index contributed by atoms with van der Waals surface area (Å²) in [6.07, 6.45) is -2.96. The highest BCUT2D eigenvalue weighted by Crippen LogP contribution is 2.39. The number of halogens is 3. The second kappa shape index (κ2) is 7.33. The van der Waals surface area contributed by atoms with Crippen LogP contribution in [0.5, 0.6) is 0 Å². The highest BCUT2D eigenvalue weighted by Gasteiger charge is 2.36. The van der Waals surface area contributed by atoms with Gasteiger partial charge in [-0.1, -0.05) is 6.07 Å². The lowest BCUT2D eigenvalue weighted by Gasteiger charge is -2.13. The molecule has 1 aromatic carbocycles. The van der Waals surface area contributed by atoms with Crippen molar-refractivity contribution in [2.75, 3.05) is 18.6 Å². The first-order chi connectivity index (χ1) is 14.0. The lowest BCUT2D eigenvalue weighted by Crippen LogP contribution is -2.10. The van der Waals surface area contributed by atoms with E-state index in [9.17, 15) is 21.6 Å². The summed E-state index contributed by atoms with van der Waals surface area (Å²) in [6.45, 7) is 1.63. The van der Waals surface area contributed by atoms with Crippen LogP contribution >= 0.6 is 11.3 Å². The maximum absolute atomic E-state index is 13.5. The average molecular weight is 454 g/mol. The molecule has 11 heteroatoms. The third-order valence-corrected chi connectivity index (χ3v) is 6.85. The lowest BCUT2D eigenvalue weighted by molar-refractivity contribution is -0.137. The summed E-state index contributed by atoms with van der Waals surface area (Å²) >= 11 is 0.889. The zero-order valence-corrected chi connectivity index (χ0v) is 17.6. The molecule has 0 unspecified atom stereocenters. The van der Waals surface area contributed by atoms with Gasteiger partial charge in [-0.3, -0.25) is 4.90 Å². The second-order valence-electron chi connectivity index (χ2n) is 7.15. The molecular weight excluding hydrogens is 437 g/mol. The molecule has 0 atom stereocenters. The number of anilines is 2. The molecule has 0 radical (unpaired) electrons. The first-order valence-corrected chi connectivity index (χ1v) is 11.6. The number of rotatable bonds is 4. The Balaban J connectivity index is 1.72. The molecule has 1 aliphatic rings. The van der Waals surface area contributed by atoms with Gasteiger partial charge < -0.3 is 5.32 Å². The summed E-state index contributed by atoms with van der Waals surface area (Å²) in [4.78, 5) is 10.1. The van der Waals surface area contributed by atoms with Crippen molar-refractivity contribution in [3.05, 3.63) is 52.5 Å². The van der Waals surface area contributed by atoms with Crippen molar-refractivity contribution >= 4 is 32.8 Å². The lowest BCUT2D eigenvalue weighted by atomic mass is 10.1. The molecule has 2 aromatic heterocycles. The number of nitrogens with one attached hydrogen (secondary N) is 1. The first kappa shape index (κ1) is 20.8. The van der Waals surface area contributed by atoms with Crippen LogP contribution in [0.3, 0.4) is 0 Å². The predicted molar refractivity (Wildman–Crippen MR) is 108 cm³/mol. The first-order valence-electron chi connectivity index (χ1n) is 8.81. The Kier molecular flexibility index (Phi) is 5.07. The van der Waals surface area contributed by atoms with Crippen LogP contribution in [0.25, 0.3) is 10.6 Å². The molecule has 0 bridgehead atoms. The number of thiophene rings is 1. The van der Waals surface area contributed by atoms with E-state index in [1.165, 1.54) is 17.0 Å². The van der Waals surface area contributed by atoms with Gasteiger partial charge in [0.15, 0.2) is 9.84 Å². The van der Waals surface area contributed by atoms with Crippen LogP contribution < -0.4 is 5.32 Å². The quantitative estimate of drug-likeness (QED) is 0.633. The number of alkyl halides is 3. The molecule has 3 aromatic rings. The molecular formula is C19H17F3N4O2S2. The van der Waals surface area contributed by atoms with Gasteiger partial charge in [-0.25, -0.2) is 18.4 Å². The van der Waals surface area contributed by atoms with Crippen molar-refractivity contribution in [2.24, 2.45) is 0 Å². The highest BCUT2D eigenvalue weighted by atomic mass is 32.2. The van der Waals surface area contributed by atoms with Crippen LogP contribution in [0.1, 0.15) is 16.7 Å². The zero-order valence-electron chi connectivity index (χ0n) is 16.0. The van der Waals surface area contributed by atoms with Crippen LogP contribution in [0.2, 0.25) is 0 Å². The third-order valence-electron chi connectivity index (χ3n) is 4.67. The number of nitrogens with zero attached hydrogens (tertiary/aromatic N) is 3. The number of benzene rings is 1. The standard InChI is InChI=1S/C19H17F3N4O2S2/c1-26-8-11-3-4-13(5-12(11)9-26)24-18-23-7-15(19(20,21)22)17(25-18)16-6-14(10-29-16)30(2,27)28/h3-7,10H,8-9H2,1-2H3,(H,23,24,25). The minimum absolute atomic E-state index is 0.00129. The van der Waals surface area contributed by atoms with Crippen molar-refractivity contribution in [3.63, 3.8) is 0 Å². The van der Waals surface area contributed by atoms with Crippen LogP contribution in [-0.4, -0.2) is 36.6 Å². The molecule has 0 saturated carbocycles. The average Bonchev–Trinajstić information content (AvgIpc) is 3.26. The van der Waals surface area contributed by atoms with Crippen molar-refractivity contribution in [3.8, 4) is 10.6 Å². The Hall–Kier alpha value is -2.50. The Morgan fingerprint density at radius 3 is 2.57 bits per heavy atom. The Morgan fingerprint density at radius 1 is 1.17 bits per heavy atom. The topological polar surface area (TPSA) is 75.2 Å². The third kappa shape index (κ3) is 4.18. The minimum Gasteiger partial charge on any atom is -0.324 e. The molecule has 3 heterocycles. The van der Waals surface area contributed by atoms with Crippen LogP contribution in [0, 0.1) is 0 Å². The number of fused-ring (bicyclic) bond motifs is 1. The van der Waals surface area contributed by atoms with Crippen LogP contribution in [0.4, 0.5) is 24.8 Å². The zero-order chi connectivity index (χ0) is 21.7. The van der Waals surface area contributed by atoms with E-state index in [0.717, 1.165) is 36.2 Å². The van der Waals surface area contributed by atoms with Crippen molar-refractivity contribution in [2.45, 2.75) is 24.2 Å². The van der Waals surface area contributed by atoms with E-state index in [1.54, 1.807) is 0 Å². The Bertz CT molecular complexity index is 1220. The normalized spacial score (nSPS) is 14.7. The molecule has 30 heavy (non-hydrogen) atoms. The van der Waals surface area contributed by atoms with Gasteiger partial charge in [0.1, 0.15) is 5.56 Å². The molecule has 0 amide bonds. The van der Waals surface area contributed by atoms with Gasteiger partial charge in [-0.15, -0.1) is 11.3 Å². The van der Waals surface area contributed by atoms with Gasteiger partial charge >= 0.3 is 6.18 Å². The number of sulfone groups is 1. The fourth-order valence-electron chi connectivity index (χ4n) is 3.25. The van der Waals surface area contributed by atoms with E-state index < -0.39 is 21.6 Å². The highest BCUT2D eigenvalue weighted by molar-refractivity contribution is 7.90. The fraction of sp³-hybridized carbons (Fsp3) is 0.263. The summed E-state index contributed by atoms with van der Waals surface area (Å²) < 4.78 is 63.9. The largest absolute Gasteiger partial charge is 0.420 e. The summed E-state index contributed by atoms with van der Waals surface area (Å²) in [6, 6.07) is 6.91. The maximum atomic E-state index is 13.5. The molecule has 1 N–H and O–H groups in total. The van der Waals surface area contributed by atoms with E-state index in [2.05, 4.69) is 20.2 Å². The molecule has 1 aliphatic heterocycles.